The molecule has 690 valence electrons. The van der Waals surface area contributed by atoms with Gasteiger partial charge in [-0.3, -0.25) is 0 Å². The monoisotopic (exact) mass is 1880 g/mol. The molecule has 2 atom stereocenters. The van der Waals surface area contributed by atoms with Crippen molar-refractivity contribution in [1.82, 2.24) is 0 Å². The third kappa shape index (κ3) is 15.9. The van der Waals surface area contributed by atoms with Crippen molar-refractivity contribution in [3.8, 4) is 67.5 Å². The molecule has 0 bridgehead atoms. The highest BCUT2D eigenvalue weighted by Crippen LogP contribution is 2.61. The standard InChI is InChI=1S/C126H78F10N4O3/c1-3-77-13-57-101(58-14-77)141-103-61-25-83(26-62-103)125(115-73-119(133)121(135)75-117(115)131)111-11-7-5-9-105(111)107-65-53-97(69-113(107)125)137(93-45-29-85(127)30-46-93)89-37-17-79(18-38-89)81-21-41-91(42-22-81)139(95-49-33-87(129)34-50-95)99-55-67-109-110-68-56-100(72-124(110)143-123(109)71-99)140(96-51-35-88(130)36-52-96)92-43-23-82(24-44-92)80-19-39-90(40-20-80)138(94-47-31-86(128)32-48-94)98-54-66-108-106-10-6-8-12-112(106)126(114(108)70-98,116-74-120(134)122(136)76-118(116)132)84-27-63-104(64-28-84)142-102-59-15-78(4-2)16-60-102/h3-76H,1-2H2. The molecule has 0 saturated carbocycles. The fourth-order valence-corrected chi connectivity index (χ4v) is 20.5. The second-order valence-electron chi connectivity index (χ2n) is 35.2. The van der Waals surface area contributed by atoms with E-state index in [0.29, 0.717) is 137 Å². The first-order valence-electron chi connectivity index (χ1n) is 46.2. The van der Waals surface area contributed by atoms with Crippen LogP contribution in [0.5, 0.6) is 23.0 Å². The van der Waals surface area contributed by atoms with Gasteiger partial charge in [-0.05, 0) is 344 Å². The van der Waals surface area contributed by atoms with Gasteiger partial charge in [-0.25, -0.2) is 43.9 Å². The molecule has 0 aliphatic heterocycles. The predicted molar refractivity (Wildman–Crippen MR) is 551 cm³/mol. The molecule has 7 nitrogen and oxygen atoms in total. The molecular weight excluding hydrogens is 1810 g/mol. The summed E-state index contributed by atoms with van der Waals surface area (Å²) in [5, 5.41) is 1.66. The van der Waals surface area contributed by atoms with Crippen LogP contribution >= 0.6 is 0 Å². The van der Waals surface area contributed by atoms with Crippen molar-refractivity contribution in [3.63, 3.8) is 0 Å². The molecule has 23 rings (SSSR count). The second kappa shape index (κ2) is 36.3. The van der Waals surface area contributed by atoms with Gasteiger partial charge in [-0.2, -0.15) is 0 Å². The number of nitrogens with zero attached hydrogens (tertiary/aromatic N) is 4. The molecule has 0 radical (unpaired) electrons. The van der Waals surface area contributed by atoms with Crippen molar-refractivity contribution in [2.24, 2.45) is 0 Å². The number of hydrogen-bond acceptors (Lipinski definition) is 7. The number of furan rings is 1. The SMILES string of the molecule is C=Cc1ccc(Oc2ccc(C3(c4cc(F)c(F)cc4F)c4ccccc4-c4ccc(N(c5ccc(F)cc5)c5ccc(-c6ccc(N(c7ccc(F)cc7)c7ccc8c(c7)oc7cc(N(c9ccc(F)cc9)c9ccc(-c%10ccc(N(c%11ccc(F)cc%11)c%11ccc%12c(c%11)C(c%11ccc(Oc%13ccc(C=C)cc%13)cc%11)(c%11cc(F)c(F)cc%11F)c%11ccccc%11-%12)cc%10)cc9)ccc78)cc6)cc5)cc43)cc2)cc1. The van der Waals surface area contributed by atoms with E-state index in [-0.39, 0.29) is 11.1 Å². The maximum Gasteiger partial charge on any atom is 0.161 e. The zero-order valence-corrected chi connectivity index (χ0v) is 75.9. The fourth-order valence-electron chi connectivity index (χ4n) is 20.5. The number of benzene rings is 20. The largest absolute Gasteiger partial charge is 0.457 e. The maximum absolute atomic E-state index is 17.1. The minimum Gasteiger partial charge on any atom is -0.457 e. The average Bonchev–Trinajstić information content (AvgIpc) is 1.54. The van der Waals surface area contributed by atoms with E-state index >= 15 is 35.1 Å². The highest BCUT2D eigenvalue weighted by atomic mass is 19.2. The van der Waals surface area contributed by atoms with Gasteiger partial charge in [0.05, 0.1) is 10.8 Å². The third-order valence-corrected chi connectivity index (χ3v) is 27.1. The van der Waals surface area contributed by atoms with E-state index in [1.807, 2.05) is 311 Å². The molecule has 1 heterocycles. The summed E-state index contributed by atoms with van der Waals surface area (Å²) in [5.41, 5.74) is 17.5. The molecule has 2 unspecified atom stereocenters. The Labute approximate surface area is 816 Å². The van der Waals surface area contributed by atoms with Crippen molar-refractivity contribution < 1.29 is 57.8 Å². The summed E-state index contributed by atoms with van der Waals surface area (Å²) in [4.78, 5) is 7.94. The molecule has 20 aromatic carbocycles. The van der Waals surface area contributed by atoms with E-state index < -0.39 is 69.0 Å². The van der Waals surface area contributed by atoms with Crippen LogP contribution in [0.3, 0.4) is 0 Å². The van der Waals surface area contributed by atoms with E-state index in [0.717, 1.165) is 89.9 Å². The number of fused-ring (bicyclic) bond motifs is 9. The van der Waals surface area contributed by atoms with Crippen LogP contribution in [0.15, 0.2) is 454 Å². The second-order valence-corrected chi connectivity index (χ2v) is 35.2. The van der Waals surface area contributed by atoms with Gasteiger partial charge in [0.15, 0.2) is 23.3 Å². The molecule has 2 aliphatic carbocycles. The molecule has 1 aromatic heterocycles. The lowest BCUT2D eigenvalue weighted by Gasteiger charge is -2.35. The quantitative estimate of drug-likeness (QED) is 0.0441. The van der Waals surface area contributed by atoms with Crippen LogP contribution in [0.4, 0.5) is 112 Å². The zero-order valence-electron chi connectivity index (χ0n) is 75.9. The Hall–Kier alpha value is -18.2. The Morgan fingerprint density at radius 2 is 0.455 bits per heavy atom. The topological polar surface area (TPSA) is 44.6 Å². The summed E-state index contributed by atoms with van der Waals surface area (Å²) >= 11 is 0. The summed E-state index contributed by atoms with van der Waals surface area (Å²) in [5.74, 6) is -6.65. The van der Waals surface area contributed by atoms with Gasteiger partial charge in [0.25, 0.3) is 0 Å². The summed E-state index contributed by atoms with van der Waals surface area (Å²) in [7, 11) is 0. The Bertz CT molecular complexity index is 8010. The summed E-state index contributed by atoms with van der Waals surface area (Å²) in [6.07, 6.45) is 3.46. The Balaban J connectivity index is 0.541. The molecule has 0 fully saturated rings. The minimum absolute atomic E-state index is 0.111. The first-order valence-corrected chi connectivity index (χ1v) is 46.2. The zero-order chi connectivity index (χ0) is 97.5. The van der Waals surface area contributed by atoms with Crippen LogP contribution in [0, 0.1) is 58.2 Å². The molecule has 0 amide bonds. The summed E-state index contributed by atoms with van der Waals surface area (Å²) in [6.45, 7) is 7.70. The lowest BCUT2D eigenvalue weighted by atomic mass is 9.67. The van der Waals surface area contributed by atoms with Crippen LogP contribution < -0.4 is 29.1 Å². The number of hydrogen-bond donors (Lipinski definition) is 0. The molecule has 21 aromatic rings. The molecule has 0 spiro atoms. The summed E-state index contributed by atoms with van der Waals surface area (Å²) in [6, 6.07) is 127. The van der Waals surface area contributed by atoms with E-state index in [9.17, 15) is 8.78 Å². The van der Waals surface area contributed by atoms with Crippen LogP contribution in [-0.4, -0.2) is 0 Å². The minimum atomic E-state index is -1.56. The van der Waals surface area contributed by atoms with E-state index in [4.69, 9.17) is 13.9 Å². The van der Waals surface area contributed by atoms with Crippen molar-refractivity contribution in [3.05, 3.63) is 564 Å². The highest BCUT2D eigenvalue weighted by Gasteiger charge is 2.51. The molecule has 2 aliphatic rings. The smallest absolute Gasteiger partial charge is 0.161 e. The van der Waals surface area contributed by atoms with Crippen LogP contribution in [0.1, 0.15) is 55.6 Å². The predicted octanol–water partition coefficient (Wildman–Crippen LogP) is 35.8. The van der Waals surface area contributed by atoms with Crippen LogP contribution in [0.2, 0.25) is 0 Å². The number of anilines is 12. The molecule has 17 heteroatoms. The lowest BCUT2D eigenvalue weighted by molar-refractivity contribution is 0.480. The van der Waals surface area contributed by atoms with Crippen LogP contribution in [-0.2, 0) is 10.8 Å². The first-order chi connectivity index (χ1) is 69.8. The Morgan fingerprint density at radius 3 is 0.748 bits per heavy atom. The van der Waals surface area contributed by atoms with E-state index in [1.54, 1.807) is 84.9 Å². The lowest BCUT2D eigenvalue weighted by Crippen LogP contribution is -2.30. The van der Waals surface area contributed by atoms with Gasteiger partial charge in [0, 0.05) is 114 Å². The highest BCUT2D eigenvalue weighted by molar-refractivity contribution is 6.08. The molecule has 143 heavy (non-hydrogen) atoms. The van der Waals surface area contributed by atoms with Crippen molar-refractivity contribution >= 4 is 102 Å². The maximum atomic E-state index is 17.1. The molecule has 0 N–H and O–H groups in total. The van der Waals surface area contributed by atoms with Gasteiger partial charge in [-0.15, -0.1) is 0 Å². The van der Waals surface area contributed by atoms with Crippen molar-refractivity contribution in [2.45, 2.75) is 10.8 Å². The summed E-state index contributed by atoms with van der Waals surface area (Å²) < 4.78 is 176. The number of ether oxygens (including phenoxy) is 2. The van der Waals surface area contributed by atoms with Gasteiger partial charge in [0.2, 0.25) is 0 Å². The molecular formula is C126H78F10N4O3. The van der Waals surface area contributed by atoms with Gasteiger partial charge >= 0.3 is 0 Å². The number of rotatable bonds is 24. The Morgan fingerprint density at radius 1 is 0.210 bits per heavy atom. The first kappa shape index (κ1) is 88.7. The third-order valence-electron chi connectivity index (χ3n) is 27.1. The van der Waals surface area contributed by atoms with Gasteiger partial charge < -0.3 is 33.5 Å². The van der Waals surface area contributed by atoms with Gasteiger partial charge in [-0.1, -0.05) is 183 Å². The average molecular weight is 1890 g/mol. The van der Waals surface area contributed by atoms with Crippen molar-refractivity contribution in [2.75, 3.05) is 19.6 Å². The van der Waals surface area contributed by atoms with E-state index in [1.165, 1.54) is 48.5 Å². The van der Waals surface area contributed by atoms with Crippen LogP contribution in [0.25, 0.3) is 78.6 Å². The van der Waals surface area contributed by atoms with Crippen molar-refractivity contribution in [1.29, 1.82) is 0 Å². The Kier molecular flexibility index (Phi) is 22.5. The van der Waals surface area contributed by atoms with E-state index in [2.05, 4.69) is 13.2 Å². The number of halogens is 10. The van der Waals surface area contributed by atoms with Gasteiger partial charge in [0.1, 0.15) is 69.1 Å². The molecule has 0 saturated heterocycles. The normalized spacial score (nSPS) is 13.8. The fraction of sp³-hybridized carbons (Fsp3) is 0.0159.